The molecule has 0 saturated heterocycles. The van der Waals surface area contributed by atoms with Crippen LogP contribution < -0.4 is 4.74 Å². The summed E-state index contributed by atoms with van der Waals surface area (Å²) >= 11 is 0. The van der Waals surface area contributed by atoms with Crippen molar-refractivity contribution in [2.75, 3.05) is 13.1 Å². The number of hydrogen-bond acceptors (Lipinski definition) is 4. The molecule has 0 saturated carbocycles. The number of pyridine rings is 1. The van der Waals surface area contributed by atoms with E-state index in [9.17, 15) is 4.79 Å². The number of carbonyl (C=O) groups is 1. The van der Waals surface area contributed by atoms with Crippen LogP contribution in [-0.2, 0) is 24.4 Å². The van der Waals surface area contributed by atoms with E-state index >= 15 is 0 Å². The second kappa shape index (κ2) is 9.09. The largest absolute Gasteiger partial charge is 0.489 e. The smallest absolute Gasteiger partial charge is 0.304 e. The van der Waals surface area contributed by atoms with Crippen molar-refractivity contribution in [3.8, 4) is 17.0 Å². The molecule has 1 aromatic heterocycles. The minimum Gasteiger partial charge on any atom is -0.489 e. The Bertz CT molecular complexity index is 1030. The Morgan fingerprint density at radius 3 is 2.73 bits per heavy atom. The molecule has 2 aromatic carbocycles. The van der Waals surface area contributed by atoms with E-state index in [-0.39, 0.29) is 6.42 Å². The summed E-state index contributed by atoms with van der Waals surface area (Å²) in [6.07, 6.45) is 1.03. The second-order valence-electron chi connectivity index (χ2n) is 7.73. The molecule has 5 nitrogen and oxygen atoms in total. The van der Waals surface area contributed by atoms with Gasteiger partial charge in [0.05, 0.1) is 12.1 Å². The average molecular weight is 402 g/mol. The first-order valence-electron chi connectivity index (χ1n) is 10.3. The zero-order valence-electron chi connectivity index (χ0n) is 17.2. The first-order chi connectivity index (χ1) is 14.6. The van der Waals surface area contributed by atoms with E-state index in [4.69, 9.17) is 14.8 Å². The van der Waals surface area contributed by atoms with Crippen LogP contribution in [0.3, 0.4) is 0 Å². The van der Waals surface area contributed by atoms with E-state index < -0.39 is 5.97 Å². The van der Waals surface area contributed by atoms with Gasteiger partial charge in [0.15, 0.2) is 0 Å². The Hall–Kier alpha value is -3.18. The molecule has 0 spiro atoms. The molecule has 0 atom stereocenters. The van der Waals surface area contributed by atoms with Crippen molar-refractivity contribution in [1.82, 2.24) is 9.88 Å². The monoisotopic (exact) mass is 402 g/mol. The number of rotatable bonds is 7. The number of carboxylic acids is 1. The van der Waals surface area contributed by atoms with Gasteiger partial charge in [-0.05, 0) is 47.9 Å². The standard InChI is InChI=1S/C25H26N2O3/c1-18-15-20(8-10-24(18)30-17-19-5-3-2-4-6-19)22-9-7-21-16-27(14-12-25(28)29)13-11-23(21)26-22/h2-10,15H,11-14,16-17H2,1H3,(H,28,29). The van der Waals surface area contributed by atoms with Gasteiger partial charge in [0.25, 0.3) is 0 Å². The molecule has 30 heavy (non-hydrogen) atoms. The normalized spacial score (nSPS) is 13.6. The summed E-state index contributed by atoms with van der Waals surface area (Å²) in [5, 5.41) is 8.89. The Balaban J connectivity index is 1.44. The lowest BCUT2D eigenvalue weighted by molar-refractivity contribution is -0.137. The molecule has 0 amide bonds. The highest BCUT2D eigenvalue weighted by atomic mass is 16.5. The lowest BCUT2D eigenvalue weighted by atomic mass is 10.0. The van der Waals surface area contributed by atoms with E-state index in [2.05, 4.69) is 48.2 Å². The van der Waals surface area contributed by atoms with Crippen molar-refractivity contribution < 1.29 is 14.6 Å². The fourth-order valence-electron chi connectivity index (χ4n) is 3.79. The molecule has 1 N–H and O–H groups in total. The molecule has 4 rings (SSSR count). The number of ether oxygens (including phenoxy) is 1. The highest BCUT2D eigenvalue weighted by molar-refractivity contribution is 5.67. The van der Waals surface area contributed by atoms with Gasteiger partial charge in [-0.2, -0.15) is 0 Å². The SMILES string of the molecule is Cc1cc(-c2ccc3c(n2)CCN(CCC(=O)O)C3)ccc1OCc1ccccc1. The predicted molar refractivity (Wildman–Crippen MR) is 116 cm³/mol. The number of fused-ring (bicyclic) bond motifs is 1. The summed E-state index contributed by atoms with van der Waals surface area (Å²) in [6.45, 7) is 4.81. The van der Waals surface area contributed by atoms with Crippen molar-refractivity contribution in [1.29, 1.82) is 0 Å². The summed E-state index contributed by atoms with van der Waals surface area (Å²) in [7, 11) is 0. The van der Waals surface area contributed by atoms with Gasteiger partial charge in [-0.25, -0.2) is 0 Å². The third-order valence-corrected chi connectivity index (χ3v) is 5.48. The number of carboxylic acid groups (broad SMARTS) is 1. The molecule has 0 fully saturated rings. The van der Waals surface area contributed by atoms with Gasteiger partial charge in [0, 0.05) is 37.3 Å². The van der Waals surface area contributed by atoms with Crippen LogP contribution in [0.1, 0.15) is 28.8 Å². The maximum absolute atomic E-state index is 10.8. The number of nitrogens with zero attached hydrogens (tertiary/aromatic N) is 2. The van der Waals surface area contributed by atoms with Crippen LogP contribution in [0.15, 0.2) is 60.7 Å². The zero-order valence-corrected chi connectivity index (χ0v) is 17.2. The van der Waals surface area contributed by atoms with Gasteiger partial charge in [0.1, 0.15) is 12.4 Å². The molecule has 1 aliphatic heterocycles. The van der Waals surface area contributed by atoms with E-state index in [0.29, 0.717) is 13.2 Å². The van der Waals surface area contributed by atoms with E-state index in [1.807, 2.05) is 24.3 Å². The maximum atomic E-state index is 10.8. The van der Waals surface area contributed by atoms with Crippen molar-refractivity contribution >= 4 is 5.97 Å². The minimum atomic E-state index is -0.749. The van der Waals surface area contributed by atoms with Gasteiger partial charge < -0.3 is 9.84 Å². The lowest BCUT2D eigenvalue weighted by Crippen LogP contribution is -2.32. The highest BCUT2D eigenvalue weighted by Gasteiger charge is 2.18. The van der Waals surface area contributed by atoms with Crippen LogP contribution >= 0.6 is 0 Å². The zero-order chi connectivity index (χ0) is 20.9. The van der Waals surface area contributed by atoms with Crippen LogP contribution in [-0.4, -0.2) is 34.0 Å². The Labute approximate surface area is 177 Å². The summed E-state index contributed by atoms with van der Waals surface area (Å²) < 4.78 is 5.99. The number of hydrogen-bond donors (Lipinski definition) is 1. The molecule has 0 bridgehead atoms. The van der Waals surface area contributed by atoms with Crippen LogP contribution in [0.5, 0.6) is 5.75 Å². The van der Waals surface area contributed by atoms with E-state index in [0.717, 1.165) is 53.3 Å². The van der Waals surface area contributed by atoms with Gasteiger partial charge in [-0.3, -0.25) is 14.7 Å². The van der Waals surface area contributed by atoms with Crippen LogP contribution in [0.25, 0.3) is 11.3 Å². The highest BCUT2D eigenvalue weighted by Crippen LogP contribution is 2.28. The third-order valence-electron chi connectivity index (χ3n) is 5.48. The quantitative estimate of drug-likeness (QED) is 0.632. The van der Waals surface area contributed by atoms with Crippen LogP contribution in [0.2, 0.25) is 0 Å². The topological polar surface area (TPSA) is 62.7 Å². The average Bonchev–Trinajstić information content (AvgIpc) is 2.77. The van der Waals surface area contributed by atoms with Gasteiger partial charge in [-0.15, -0.1) is 0 Å². The maximum Gasteiger partial charge on any atom is 0.304 e. The first-order valence-corrected chi connectivity index (χ1v) is 10.3. The number of aromatic nitrogens is 1. The fraction of sp³-hybridized carbons (Fsp3) is 0.280. The third kappa shape index (κ3) is 4.86. The molecule has 5 heteroatoms. The number of benzene rings is 2. The van der Waals surface area contributed by atoms with Gasteiger partial charge in [0.2, 0.25) is 0 Å². The predicted octanol–water partition coefficient (Wildman–Crippen LogP) is 4.47. The summed E-state index contributed by atoms with van der Waals surface area (Å²) in [4.78, 5) is 17.9. The van der Waals surface area contributed by atoms with E-state index in [1.54, 1.807) is 0 Å². The molecule has 154 valence electrons. The van der Waals surface area contributed by atoms with Crippen molar-refractivity contribution in [2.45, 2.75) is 32.9 Å². The van der Waals surface area contributed by atoms with Crippen molar-refractivity contribution in [3.05, 3.63) is 83.0 Å². The molecule has 2 heterocycles. The van der Waals surface area contributed by atoms with E-state index in [1.165, 1.54) is 5.56 Å². The fourth-order valence-corrected chi connectivity index (χ4v) is 3.79. The molecular weight excluding hydrogens is 376 g/mol. The molecule has 1 aliphatic rings. The van der Waals surface area contributed by atoms with Gasteiger partial charge in [-0.1, -0.05) is 36.4 Å². The lowest BCUT2D eigenvalue weighted by Gasteiger charge is -2.27. The van der Waals surface area contributed by atoms with Crippen molar-refractivity contribution in [3.63, 3.8) is 0 Å². The molecule has 0 unspecified atom stereocenters. The summed E-state index contributed by atoms with van der Waals surface area (Å²) in [5.74, 6) is 0.135. The van der Waals surface area contributed by atoms with Gasteiger partial charge >= 0.3 is 5.97 Å². The number of aryl methyl sites for hydroxylation is 1. The Morgan fingerprint density at radius 2 is 1.97 bits per heavy atom. The molecule has 3 aromatic rings. The van der Waals surface area contributed by atoms with Crippen molar-refractivity contribution in [2.24, 2.45) is 0 Å². The molecule has 0 radical (unpaired) electrons. The van der Waals surface area contributed by atoms with Crippen LogP contribution in [0.4, 0.5) is 0 Å². The first kappa shape index (κ1) is 20.1. The summed E-state index contributed by atoms with van der Waals surface area (Å²) in [5.41, 5.74) is 6.58. The molecule has 0 aliphatic carbocycles. The molecular formula is C25H26N2O3. The number of aliphatic carboxylic acids is 1. The second-order valence-corrected chi connectivity index (χ2v) is 7.73. The summed E-state index contributed by atoms with van der Waals surface area (Å²) in [6, 6.07) is 20.5. The Morgan fingerprint density at radius 1 is 1.13 bits per heavy atom. The van der Waals surface area contributed by atoms with Crippen LogP contribution in [0, 0.1) is 6.92 Å². The Kier molecular flexibility index (Phi) is 6.10. The minimum absolute atomic E-state index is 0.179.